The molecule has 2 aromatic carbocycles. The molecular formula is C18H17N3OS3. The molecule has 0 bridgehead atoms. The Balaban J connectivity index is 1.65. The van der Waals surface area contributed by atoms with Crippen LogP contribution in [0.5, 0.6) is 0 Å². The van der Waals surface area contributed by atoms with Crippen LogP contribution in [0.2, 0.25) is 0 Å². The van der Waals surface area contributed by atoms with E-state index in [0.29, 0.717) is 9.71 Å². The van der Waals surface area contributed by atoms with Crippen LogP contribution in [0.1, 0.15) is 11.1 Å². The molecule has 4 nitrogen and oxygen atoms in total. The molecular weight excluding hydrogens is 370 g/mol. The van der Waals surface area contributed by atoms with Crippen molar-refractivity contribution in [3.05, 3.63) is 63.6 Å². The summed E-state index contributed by atoms with van der Waals surface area (Å²) in [5, 5.41) is 7.46. The van der Waals surface area contributed by atoms with Gasteiger partial charge in [-0.2, -0.15) is 0 Å². The lowest BCUT2D eigenvalue weighted by Gasteiger charge is -2.09. The van der Waals surface area contributed by atoms with Gasteiger partial charge in [-0.05, 0) is 55.4 Å². The van der Waals surface area contributed by atoms with Gasteiger partial charge in [-0.25, -0.2) is 4.68 Å². The third kappa shape index (κ3) is 4.36. The molecule has 0 saturated heterocycles. The first-order valence-electron chi connectivity index (χ1n) is 7.69. The topological polar surface area (TPSA) is 46.9 Å². The summed E-state index contributed by atoms with van der Waals surface area (Å²) in [6.45, 7) is 4.04. The van der Waals surface area contributed by atoms with E-state index in [9.17, 15) is 4.79 Å². The van der Waals surface area contributed by atoms with Gasteiger partial charge in [0.15, 0.2) is 8.29 Å². The maximum Gasteiger partial charge on any atom is 0.234 e. The number of carbonyl (C=O) groups is 1. The van der Waals surface area contributed by atoms with E-state index >= 15 is 0 Å². The molecule has 0 radical (unpaired) electrons. The van der Waals surface area contributed by atoms with Crippen molar-refractivity contribution in [2.24, 2.45) is 0 Å². The van der Waals surface area contributed by atoms with Gasteiger partial charge in [0.2, 0.25) is 5.91 Å². The summed E-state index contributed by atoms with van der Waals surface area (Å²) in [5.74, 6) is 0.246. The predicted octanol–water partition coefficient (Wildman–Crippen LogP) is 5.01. The van der Waals surface area contributed by atoms with E-state index in [0.717, 1.165) is 26.8 Å². The number of nitrogens with zero attached hydrogens (tertiary/aromatic N) is 2. The number of hydrogen-bond acceptors (Lipinski definition) is 5. The molecule has 0 spiro atoms. The summed E-state index contributed by atoms with van der Waals surface area (Å²) in [5.41, 5.74) is 4.03. The maximum atomic E-state index is 12.2. The van der Waals surface area contributed by atoms with E-state index in [1.807, 2.05) is 62.4 Å². The number of benzene rings is 2. The summed E-state index contributed by atoms with van der Waals surface area (Å²) in [7, 11) is 0. The number of para-hydroxylation sites is 1. The Hall–Kier alpha value is -1.96. The van der Waals surface area contributed by atoms with Gasteiger partial charge in [0.05, 0.1) is 11.4 Å². The number of thioether (sulfide) groups is 1. The largest absolute Gasteiger partial charge is 0.325 e. The maximum absolute atomic E-state index is 12.2. The number of carbonyl (C=O) groups excluding carboxylic acids is 1. The minimum absolute atomic E-state index is 0.0499. The van der Waals surface area contributed by atoms with Gasteiger partial charge >= 0.3 is 0 Å². The van der Waals surface area contributed by atoms with E-state index in [1.165, 1.54) is 23.1 Å². The zero-order valence-electron chi connectivity index (χ0n) is 13.9. The van der Waals surface area contributed by atoms with Gasteiger partial charge in [-0.15, -0.1) is 5.10 Å². The molecule has 1 aromatic heterocycles. The Bertz CT molecular complexity index is 948. The lowest BCUT2D eigenvalue weighted by molar-refractivity contribution is -0.113. The van der Waals surface area contributed by atoms with Crippen LogP contribution in [-0.2, 0) is 4.79 Å². The summed E-state index contributed by atoms with van der Waals surface area (Å²) in [6, 6.07) is 15.6. The summed E-state index contributed by atoms with van der Waals surface area (Å²) in [6.07, 6.45) is 0. The van der Waals surface area contributed by atoms with Crippen molar-refractivity contribution in [2.75, 3.05) is 11.1 Å². The van der Waals surface area contributed by atoms with Crippen LogP contribution in [0.25, 0.3) is 5.69 Å². The Labute approximate surface area is 159 Å². The van der Waals surface area contributed by atoms with Crippen molar-refractivity contribution in [1.29, 1.82) is 0 Å². The van der Waals surface area contributed by atoms with Crippen LogP contribution in [-0.4, -0.2) is 21.4 Å². The van der Waals surface area contributed by atoms with Crippen molar-refractivity contribution in [2.45, 2.75) is 18.2 Å². The van der Waals surface area contributed by atoms with E-state index < -0.39 is 0 Å². The molecule has 7 heteroatoms. The molecule has 0 aliphatic heterocycles. The number of rotatable bonds is 5. The summed E-state index contributed by atoms with van der Waals surface area (Å²) in [4.78, 5) is 12.2. The van der Waals surface area contributed by atoms with Crippen molar-refractivity contribution >= 4 is 46.9 Å². The van der Waals surface area contributed by atoms with Gasteiger partial charge < -0.3 is 5.32 Å². The van der Waals surface area contributed by atoms with Gasteiger partial charge in [0, 0.05) is 5.69 Å². The zero-order chi connectivity index (χ0) is 17.8. The van der Waals surface area contributed by atoms with Crippen molar-refractivity contribution < 1.29 is 4.79 Å². The van der Waals surface area contributed by atoms with Crippen LogP contribution in [0.15, 0.2) is 52.9 Å². The lowest BCUT2D eigenvalue weighted by atomic mass is 10.1. The molecule has 0 unspecified atom stereocenters. The molecule has 3 rings (SSSR count). The van der Waals surface area contributed by atoms with Crippen molar-refractivity contribution in [1.82, 2.24) is 9.78 Å². The molecule has 0 saturated carbocycles. The zero-order valence-corrected chi connectivity index (χ0v) is 16.3. The molecule has 25 heavy (non-hydrogen) atoms. The molecule has 0 aliphatic rings. The van der Waals surface area contributed by atoms with E-state index in [4.69, 9.17) is 12.2 Å². The average molecular weight is 388 g/mol. The Morgan fingerprint density at radius 1 is 1.20 bits per heavy atom. The first-order chi connectivity index (χ1) is 12.0. The monoisotopic (exact) mass is 387 g/mol. The number of aryl methyl sites for hydroxylation is 1. The molecule has 0 fully saturated rings. The lowest BCUT2D eigenvalue weighted by Crippen LogP contribution is -2.15. The molecule has 1 heterocycles. The number of nitrogens with one attached hydrogen (secondary N) is 1. The second-order valence-electron chi connectivity index (χ2n) is 5.47. The highest BCUT2D eigenvalue weighted by Gasteiger charge is 2.10. The fraction of sp³-hybridized carbons (Fsp3) is 0.167. The first kappa shape index (κ1) is 17.8. The average Bonchev–Trinajstić information content (AvgIpc) is 2.99. The van der Waals surface area contributed by atoms with E-state index in [2.05, 4.69) is 10.4 Å². The van der Waals surface area contributed by atoms with E-state index in [-0.39, 0.29) is 5.91 Å². The molecule has 3 aromatic rings. The van der Waals surface area contributed by atoms with E-state index in [1.54, 1.807) is 4.68 Å². The second kappa shape index (κ2) is 7.95. The number of aromatic nitrogens is 2. The third-order valence-electron chi connectivity index (χ3n) is 3.74. The highest BCUT2D eigenvalue weighted by molar-refractivity contribution is 8.01. The highest BCUT2D eigenvalue weighted by atomic mass is 32.2. The highest BCUT2D eigenvalue weighted by Crippen LogP contribution is 2.25. The van der Waals surface area contributed by atoms with Crippen LogP contribution in [0.3, 0.4) is 0 Å². The Morgan fingerprint density at radius 3 is 2.72 bits per heavy atom. The molecule has 0 atom stereocenters. The van der Waals surface area contributed by atoms with Crippen molar-refractivity contribution in [3.8, 4) is 5.69 Å². The molecule has 128 valence electrons. The van der Waals surface area contributed by atoms with Gasteiger partial charge in [-0.3, -0.25) is 4.79 Å². The van der Waals surface area contributed by atoms with Gasteiger partial charge in [0.25, 0.3) is 0 Å². The van der Waals surface area contributed by atoms with Crippen LogP contribution in [0, 0.1) is 17.8 Å². The van der Waals surface area contributed by atoms with Gasteiger partial charge in [0.1, 0.15) is 0 Å². The second-order valence-corrected chi connectivity index (χ2v) is 8.31. The Kier molecular flexibility index (Phi) is 5.67. The summed E-state index contributed by atoms with van der Waals surface area (Å²) >= 11 is 8.18. The quantitative estimate of drug-likeness (QED) is 0.494. The molecule has 0 aliphatic carbocycles. The predicted molar refractivity (Wildman–Crippen MR) is 108 cm³/mol. The SMILES string of the molecule is Cc1cccc(NC(=O)CSc2nn(-c3ccccc3)c(=S)s2)c1C. The third-order valence-corrected chi connectivity index (χ3v) is 6.10. The smallest absolute Gasteiger partial charge is 0.234 e. The van der Waals surface area contributed by atoms with Crippen LogP contribution in [0.4, 0.5) is 5.69 Å². The number of amides is 1. The standard InChI is InChI=1S/C18H17N3OS3/c1-12-7-6-10-15(13(12)2)19-16(22)11-24-17-20-21(18(23)25-17)14-8-4-3-5-9-14/h3-10H,11H2,1-2H3,(H,19,22). The number of anilines is 1. The van der Waals surface area contributed by atoms with Crippen LogP contribution >= 0.6 is 35.3 Å². The molecule has 1 amide bonds. The molecule has 1 N–H and O–H groups in total. The fourth-order valence-electron chi connectivity index (χ4n) is 2.25. The van der Waals surface area contributed by atoms with Crippen LogP contribution < -0.4 is 5.32 Å². The number of hydrogen-bond donors (Lipinski definition) is 1. The fourth-order valence-corrected chi connectivity index (χ4v) is 4.41. The Morgan fingerprint density at radius 2 is 1.96 bits per heavy atom. The normalized spacial score (nSPS) is 10.6. The van der Waals surface area contributed by atoms with Gasteiger partial charge in [-0.1, -0.05) is 53.4 Å². The first-order valence-corrected chi connectivity index (χ1v) is 9.90. The summed E-state index contributed by atoms with van der Waals surface area (Å²) < 4.78 is 3.18. The minimum Gasteiger partial charge on any atom is -0.325 e. The van der Waals surface area contributed by atoms with Crippen molar-refractivity contribution in [3.63, 3.8) is 0 Å². The minimum atomic E-state index is -0.0499.